The fourth-order valence-corrected chi connectivity index (χ4v) is 11.5. The lowest BCUT2D eigenvalue weighted by atomic mass is 10.0. The Labute approximate surface area is 518 Å². The maximum atomic E-state index is 13.0. The van der Waals surface area contributed by atoms with Crippen LogP contribution in [0.1, 0.15) is 419 Å². The van der Waals surface area contributed by atoms with Crippen molar-refractivity contribution < 1.29 is 28.6 Å². The smallest absolute Gasteiger partial charge is 0.306 e. The predicted octanol–water partition coefficient (Wildman–Crippen LogP) is 25.9. The highest BCUT2D eigenvalue weighted by Crippen LogP contribution is 2.19. The van der Waals surface area contributed by atoms with Crippen LogP contribution >= 0.6 is 0 Å². The first-order valence-electron chi connectivity index (χ1n) is 37.5. The maximum Gasteiger partial charge on any atom is 0.306 e. The summed E-state index contributed by atoms with van der Waals surface area (Å²) in [7, 11) is 0. The highest BCUT2D eigenvalue weighted by Gasteiger charge is 2.20. The standard InChI is InChI=1S/C77H144O6/c1-4-7-10-13-16-19-22-25-28-31-32-33-34-35-36-37-38-39-40-41-42-43-44-47-49-52-55-58-61-64-67-70-76(79)82-73-74(83-77(80)71-68-65-62-59-56-53-50-46-30-27-24-21-18-15-12-9-6-3)72-81-75(78)69-66-63-60-57-54-51-48-45-29-26-23-20-17-14-11-8-5-2/h18,21,26-27,29-30,74H,4-17,19-20,22-25,28,31-73H2,1-3H3/b21-18-,29-26-,30-27-. The molecule has 0 aliphatic carbocycles. The number of rotatable bonds is 70. The van der Waals surface area contributed by atoms with Crippen molar-refractivity contribution in [1.82, 2.24) is 0 Å². The van der Waals surface area contributed by atoms with Crippen molar-refractivity contribution in [3.63, 3.8) is 0 Å². The molecule has 0 saturated carbocycles. The van der Waals surface area contributed by atoms with Gasteiger partial charge in [-0.05, 0) is 77.0 Å². The molecule has 1 atom stereocenters. The molecular weight excluding hydrogens is 1020 g/mol. The number of carbonyl (C=O) groups excluding carboxylic acids is 3. The van der Waals surface area contributed by atoms with Crippen LogP contribution in [0.15, 0.2) is 36.5 Å². The summed E-state index contributed by atoms with van der Waals surface area (Å²) in [6.07, 6.45) is 90.5. The van der Waals surface area contributed by atoms with Crippen molar-refractivity contribution in [2.24, 2.45) is 0 Å². The Morgan fingerprint density at radius 3 is 0.699 bits per heavy atom. The van der Waals surface area contributed by atoms with Gasteiger partial charge in [-0.3, -0.25) is 14.4 Å². The van der Waals surface area contributed by atoms with Gasteiger partial charge in [-0.15, -0.1) is 0 Å². The molecule has 0 aromatic rings. The van der Waals surface area contributed by atoms with Gasteiger partial charge in [0.2, 0.25) is 0 Å². The van der Waals surface area contributed by atoms with E-state index in [4.69, 9.17) is 14.2 Å². The summed E-state index contributed by atoms with van der Waals surface area (Å²) in [4.78, 5) is 38.5. The lowest BCUT2D eigenvalue weighted by Gasteiger charge is -2.18. The third-order valence-electron chi connectivity index (χ3n) is 17.1. The molecule has 0 rings (SSSR count). The summed E-state index contributed by atoms with van der Waals surface area (Å²) in [6.45, 7) is 6.68. The highest BCUT2D eigenvalue weighted by atomic mass is 16.6. The number of esters is 3. The first-order valence-corrected chi connectivity index (χ1v) is 37.5. The molecule has 0 radical (unpaired) electrons. The molecular formula is C77H144O6. The average molecular weight is 1170 g/mol. The summed E-state index contributed by atoms with van der Waals surface area (Å²) in [5.41, 5.74) is 0. The number of unbranched alkanes of at least 4 members (excludes halogenated alkanes) is 53. The van der Waals surface area contributed by atoms with Gasteiger partial charge in [-0.25, -0.2) is 0 Å². The van der Waals surface area contributed by atoms with Crippen LogP contribution in [0.3, 0.4) is 0 Å². The van der Waals surface area contributed by atoms with Crippen molar-refractivity contribution in [2.75, 3.05) is 13.2 Å². The molecule has 0 aliphatic heterocycles. The minimum atomic E-state index is -0.778. The number of ether oxygens (including phenoxy) is 3. The SMILES string of the molecule is CCCCC/C=C\C/C=C\CCCCCCCCCC(=O)OC(COC(=O)CCCCCCCCC/C=C\CCCCCCCC)COC(=O)CCCCCCCCCCCCCCCCCCCCCCCCCCCCCCCCC. The van der Waals surface area contributed by atoms with Crippen LogP contribution in [0, 0.1) is 0 Å². The molecule has 6 nitrogen and oxygen atoms in total. The van der Waals surface area contributed by atoms with Crippen LogP contribution in [0.25, 0.3) is 0 Å². The topological polar surface area (TPSA) is 78.9 Å². The second-order valence-corrected chi connectivity index (χ2v) is 25.6. The quantitative estimate of drug-likeness (QED) is 0.0261. The first-order chi connectivity index (χ1) is 41.0. The van der Waals surface area contributed by atoms with Gasteiger partial charge in [0.1, 0.15) is 13.2 Å². The van der Waals surface area contributed by atoms with Gasteiger partial charge in [0.25, 0.3) is 0 Å². The van der Waals surface area contributed by atoms with Crippen molar-refractivity contribution in [3.8, 4) is 0 Å². The Hall–Kier alpha value is -2.37. The van der Waals surface area contributed by atoms with E-state index in [9.17, 15) is 14.4 Å². The van der Waals surface area contributed by atoms with E-state index in [1.54, 1.807) is 0 Å². The van der Waals surface area contributed by atoms with Gasteiger partial charge in [0.15, 0.2) is 6.10 Å². The van der Waals surface area contributed by atoms with Crippen molar-refractivity contribution in [3.05, 3.63) is 36.5 Å². The molecule has 0 N–H and O–H groups in total. The Morgan fingerprint density at radius 2 is 0.434 bits per heavy atom. The second kappa shape index (κ2) is 72.1. The molecule has 0 fully saturated rings. The summed E-state index contributed by atoms with van der Waals surface area (Å²) in [5.74, 6) is -0.855. The summed E-state index contributed by atoms with van der Waals surface area (Å²) in [5, 5.41) is 0. The lowest BCUT2D eigenvalue weighted by Crippen LogP contribution is -2.30. The normalized spacial score (nSPS) is 12.2. The third kappa shape index (κ3) is 70.3. The van der Waals surface area contributed by atoms with Gasteiger partial charge in [-0.1, -0.05) is 359 Å². The van der Waals surface area contributed by atoms with E-state index in [1.807, 2.05) is 0 Å². The van der Waals surface area contributed by atoms with Crippen LogP contribution in [0.5, 0.6) is 0 Å². The van der Waals surface area contributed by atoms with Crippen LogP contribution in [-0.2, 0) is 28.6 Å². The molecule has 0 bridgehead atoms. The molecule has 0 aliphatic rings. The van der Waals surface area contributed by atoms with Crippen LogP contribution in [0.2, 0.25) is 0 Å². The van der Waals surface area contributed by atoms with Gasteiger partial charge < -0.3 is 14.2 Å². The monoisotopic (exact) mass is 1170 g/mol. The molecule has 6 heteroatoms. The highest BCUT2D eigenvalue weighted by molar-refractivity contribution is 5.71. The zero-order valence-corrected chi connectivity index (χ0v) is 56.2. The molecule has 0 saturated heterocycles. The molecule has 83 heavy (non-hydrogen) atoms. The largest absolute Gasteiger partial charge is 0.462 e. The number of allylic oxidation sites excluding steroid dienone is 6. The zero-order valence-electron chi connectivity index (χ0n) is 56.2. The van der Waals surface area contributed by atoms with Crippen molar-refractivity contribution in [2.45, 2.75) is 425 Å². The number of hydrogen-bond donors (Lipinski definition) is 0. The molecule has 1 unspecified atom stereocenters. The van der Waals surface area contributed by atoms with Crippen LogP contribution in [0.4, 0.5) is 0 Å². The Kier molecular flexibility index (Phi) is 70.0. The molecule has 488 valence electrons. The molecule has 0 amide bonds. The summed E-state index contributed by atoms with van der Waals surface area (Å²) < 4.78 is 17.0. The summed E-state index contributed by atoms with van der Waals surface area (Å²) >= 11 is 0. The minimum Gasteiger partial charge on any atom is -0.462 e. The van der Waals surface area contributed by atoms with Crippen LogP contribution < -0.4 is 0 Å². The van der Waals surface area contributed by atoms with Gasteiger partial charge in [0, 0.05) is 19.3 Å². The van der Waals surface area contributed by atoms with Gasteiger partial charge in [0.05, 0.1) is 0 Å². The van der Waals surface area contributed by atoms with Crippen molar-refractivity contribution in [1.29, 1.82) is 0 Å². The first kappa shape index (κ1) is 80.6. The second-order valence-electron chi connectivity index (χ2n) is 25.6. The Morgan fingerprint density at radius 1 is 0.241 bits per heavy atom. The van der Waals surface area contributed by atoms with E-state index in [0.717, 1.165) is 70.6 Å². The van der Waals surface area contributed by atoms with E-state index in [1.165, 1.54) is 308 Å². The predicted molar refractivity (Wildman–Crippen MR) is 362 cm³/mol. The van der Waals surface area contributed by atoms with Crippen LogP contribution in [-0.4, -0.2) is 37.2 Å². The van der Waals surface area contributed by atoms with E-state index < -0.39 is 6.10 Å². The average Bonchev–Trinajstić information content (AvgIpc) is 3.50. The number of hydrogen-bond acceptors (Lipinski definition) is 6. The minimum absolute atomic E-state index is 0.0721. The summed E-state index contributed by atoms with van der Waals surface area (Å²) in [6, 6.07) is 0. The van der Waals surface area contributed by atoms with Gasteiger partial charge in [-0.2, -0.15) is 0 Å². The Bertz CT molecular complexity index is 1380. The third-order valence-corrected chi connectivity index (χ3v) is 17.1. The zero-order chi connectivity index (χ0) is 59.9. The van der Waals surface area contributed by atoms with Crippen molar-refractivity contribution >= 4 is 17.9 Å². The molecule has 0 aromatic heterocycles. The van der Waals surface area contributed by atoms with Gasteiger partial charge >= 0.3 is 17.9 Å². The maximum absolute atomic E-state index is 13.0. The van der Waals surface area contributed by atoms with E-state index >= 15 is 0 Å². The fraction of sp³-hybridized carbons (Fsp3) is 0.883. The molecule has 0 aromatic carbocycles. The van der Waals surface area contributed by atoms with E-state index in [0.29, 0.717) is 19.3 Å². The number of carbonyl (C=O) groups is 3. The van der Waals surface area contributed by atoms with E-state index in [2.05, 4.69) is 57.2 Å². The lowest BCUT2D eigenvalue weighted by molar-refractivity contribution is -0.167. The molecule has 0 heterocycles. The van der Waals surface area contributed by atoms with E-state index in [-0.39, 0.29) is 31.1 Å². The fourth-order valence-electron chi connectivity index (χ4n) is 11.5. The molecule has 0 spiro atoms. The Balaban J connectivity index is 4.18.